The molecule has 0 unspecified atom stereocenters. The van der Waals surface area contributed by atoms with Crippen molar-refractivity contribution in [3.63, 3.8) is 0 Å². The monoisotopic (exact) mass is 225 g/mol. The van der Waals surface area contributed by atoms with Gasteiger partial charge in [-0.2, -0.15) is 0 Å². The standard InChI is InChI=1S/C13H10N2.CH5N/c1-9-4-5-11-7-6-10-3-2-8-14-12(10)13(11)15-9;1-2/h2-8H,1H3;2H2,1H3. The Bertz CT molecular complexity index is 647. The summed E-state index contributed by atoms with van der Waals surface area (Å²) >= 11 is 0. The molecule has 0 atom stereocenters. The summed E-state index contributed by atoms with van der Waals surface area (Å²) in [7, 11) is 1.50. The van der Waals surface area contributed by atoms with Crippen LogP contribution in [0.2, 0.25) is 0 Å². The molecule has 1 aromatic carbocycles. The maximum Gasteiger partial charge on any atom is 0.0967 e. The summed E-state index contributed by atoms with van der Waals surface area (Å²) in [5.74, 6) is 0. The summed E-state index contributed by atoms with van der Waals surface area (Å²) in [5, 5.41) is 2.29. The zero-order chi connectivity index (χ0) is 12.3. The fourth-order valence-electron chi connectivity index (χ4n) is 1.82. The number of fused-ring (bicyclic) bond motifs is 3. The Balaban J connectivity index is 0.000000514. The largest absolute Gasteiger partial charge is 0.333 e. The van der Waals surface area contributed by atoms with Crippen molar-refractivity contribution >= 4 is 21.8 Å². The lowest BCUT2D eigenvalue weighted by Crippen LogP contribution is -1.86. The van der Waals surface area contributed by atoms with E-state index in [9.17, 15) is 0 Å². The fourth-order valence-corrected chi connectivity index (χ4v) is 1.82. The Kier molecular flexibility index (Phi) is 3.30. The van der Waals surface area contributed by atoms with Gasteiger partial charge in [0.15, 0.2) is 0 Å². The minimum atomic E-state index is 0.985. The Morgan fingerprint density at radius 2 is 1.53 bits per heavy atom. The van der Waals surface area contributed by atoms with E-state index >= 15 is 0 Å². The Labute approximate surface area is 100 Å². The fraction of sp³-hybridized carbons (Fsp3) is 0.143. The minimum absolute atomic E-state index is 0.985. The zero-order valence-electron chi connectivity index (χ0n) is 10.0. The van der Waals surface area contributed by atoms with Crippen molar-refractivity contribution in [1.82, 2.24) is 9.97 Å². The second-order valence-electron chi connectivity index (χ2n) is 3.67. The van der Waals surface area contributed by atoms with Gasteiger partial charge in [-0.05, 0) is 26.1 Å². The zero-order valence-corrected chi connectivity index (χ0v) is 10.0. The highest BCUT2D eigenvalue weighted by molar-refractivity contribution is 6.02. The molecule has 17 heavy (non-hydrogen) atoms. The van der Waals surface area contributed by atoms with Crippen LogP contribution in [0.5, 0.6) is 0 Å². The summed E-state index contributed by atoms with van der Waals surface area (Å²) < 4.78 is 0. The number of nitrogens with two attached hydrogens (primary N) is 1. The van der Waals surface area contributed by atoms with Gasteiger partial charge in [0.2, 0.25) is 0 Å². The summed E-state index contributed by atoms with van der Waals surface area (Å²) in [6.45, 7) is 2.00. The van der Waals surface area contributed by atoms with E-state index in [-0.39, 0.29) is 0 Å². The molecule has 0 fully saturated rings. The minimum Gasteiger partial charge on any atom is -0.333 e. The molecule has 0 aliphatic carbocycles. The van der Waals surface area contributed by atoms with E-state index < -0.39 is 0 Å². The molecule has 3 aromatic rings. The van der Waals surface area contributed by atoms with Crippen LogP contribution in [0, 0.1) is 6.92 Å². The second-order valence-corrected chi connectivity index (χ2v) is 3.67. The van der Waals surface area contributed by atoms with Gasteiger partial charge in [-0.3, -0.25) is 9.97 Å². The highest BCUT2D eigenvalue weighted by atomic mass is 14.7. The van der Waals surface area contributed by atoms with Crippen LogP contribution in [0.4, 0.5) is 0 Å². The number of benzene rings is 1. The molecule has 3 heteroatoms. The van der Waals surface area contributed by atoms with Gasteiger partial charge < -0.3 is 5.73 Å². The third kappa shape index (κ3) is 2.10. The lowest BCUT2D eigenvalue weighted by Gasteiger charge is -2.02. The van der Waals surface area contributed by atoms with Gasteiger partial charge in [0.25, 0.3) is 0 Å². The van der Waals surface area contributed by atoms with Gasteiger partial charge in [0.1, 0.15) is 0 Å². The first-order chi connectivity index (χ1) is 8.34. The van der Waals surface area contributed by atoms with Crippen LogP contribution in [0.25, 0.3) is 21.8 Å². The number of nitrogens with zero attached hydrogens (tertiary/aromatic N) is 2. The SMILES string of the molecule is CN.Cc1ccc2ccc3cccnc3c2n1. The van der Waals surface area contributed by atoms with E-state index in [0.717, 1.165) is 27.5 Å². The first-order valence-corrected chi connectivity index (χ1v) is 5.53. The van der Waals surface area contributed by atoms with Crippen molar-refractivity contribution in [2.45, 2.75) is 6.92 Å². The molecule has 2 aromatic heterocycles. The van der Waals surface area contributed by atoms with Gasteiger partial charge in [0.05, 0.1) is 11.0 Å². The van der Waals surface area contributed by atoms with Crippen LogP contribution in [0.3, 0.4) is 0 Å². The molecule has 0 aliphatic rings. The van der Waals surface area contributed by atoms with Crippen molar-refractivity contribution in [3.05, 3.63) is 48.3 Å². The third-order valence-corrected chi connectivity index (χ3v) is 2.57. The highest BCUT2D eigenvalue weighted by Crippen LogP contribution is 2.21. The molecule has 3 nitrogen and oxygen atoms in total. The van der Waals surface area contributed by atoms with Gasteiger partial charge >= 0.3 is 0 Å². The topological polar surface area (TPSA) is 51.8 Å². The molecule has 86 valence electrons. The molecular weight excluding hydrogens is 210 g/mol. The number of pyridine rings is 2. The molecule has 0 spiro atoms. The van der Waals surface area contributed by atoms with Crippen LogP contribution in [0.15, 0.2) is 42.6 Å². The molecule has 2 N–H and O–H groups in total. The Hall–Kier alpha value is -2.00. The van der Waals surface area contributed by atoms with Crippen LogP contribution in [-0.2, 0) is 0 Å². The maximum atomic E-state index is 4.54. The normalized spacial score (nSPS) is 10.1. The molecule has 3 rings (SSSR count). The van der Waals surface area contributed by atoms with Crippen molar-refractivity contribution < 1.29 is 0 Å². The van der Waals surface area contributed by atoms with E-state index in [1.54, 1.807) is 0 Å². The van der Waals surface area contributed by atoms with Crippen LogP contribution in [0.1, 0.15) is 5.69 Å². The molecule has 0 saturated heterocycles. The molecule has 0 bridgehead atoms. The molecule has 0 amide bonds. The highest BCUT2D eigenvalue weighted by Gasteiger charge is 2.01. The Morgan fingerprint density at radius 3 is 2.29 bits per heavy atom. The van der Waals surface area contributed by atoms with E-state index in [4.69, 9.17) is 0 Å². The van der Waals surface area contributed by atoms with Crippen LogP contribution < -0.4 is 5.73 Å². The predicted molar refractivity (Wildman–Crippen MR) is 71.9 cm³/mol. The van der Waals surface area contributed by atoms with Gasteiger partial charge in [-0.25, -0.2) is 0 Å². The number of aryl methyl sites for hydroxylation is 1. The molecule has 0 radical (unpaired) electrons. The quantitative estimate of drug-likeness (QED) is 0.598. The molecule has 0 saturated carbocycles. The molecular formula is C14H15N3. The van der Waals surface area contributed by atoms with Crippen LogP contribution in [-0.4, -0.2) is 17.0 Å². The first-order valence-electron chi connectivity index (χ1n) is 5.53. The third-order valence-electron chi connectivity index (χ3n) is 2.57. The van der Waals surface area contributed by atoms with E-state index in [1.165, 1.54) is 7.05 Å². The number of hydrogen-bond acceptors (Lipinski definition) is 3. The summed E-state index contributed by atoms with van der Waals surface area (Å²) in [6.07, 6.45) is 1.81. The Morgan fingerprint density at radius 1 is 0.882 bits per heavy atom. The summed E-state index contributed by atoms with van der Waals surface area (Å²) in [5.41, 5.74) is 7.51. The van der Waals surface area contributed by atoms with Crippen molar-refractivity contribution in [3.8, 4) is 0 Å². The second kappa shape index (κ2) is 4.89. The van der Waals surface area contributed by atoms with Gasteiger partial charge in [0, 0.05) is 22.7 Å². The molecule has 2 heterocycles. The van der Waals surface area contributed by atoms with Crippen molar-refractivity contribution in [2.75, 3.05) is 7.05 Å². The lowest BCUT2D eigenvalue weighted by molar-refractivity contribution is 1.25. The summed E-state index contributed by atoms with van der Waals surface area (Å²) in [4.78, 5) is 8.93. The maximum absolute atomic E-state index is 4.54. The first kappa shape index (κ1) is 11.5. The number of aromatic nitrogens is 2. The van der Waals surface area contributed by atoms with Gasteiger partial charge in [-0.1, -0.05) is 24.3 Å². The van der Waals surface area contributed by atoms with E-state index in [2.05, 4.69) is 40.0 Å². The van der Waals surface area contributed by atoms with Crippen LogP contribution >= 0.6 is 0 Å². The smallest absolute Gasteiger partial charge is 0.0967 e. The van der Waals surface area contributed by atoms with Crippen molar-refractivity contribution in [1.29, 1.82) is 0 Å². The predicted octanol–water partition coefficient (Wildman–Crippen LogP) is 2.67. The van der Waals surface area contributed by atoms with Gasteiger partial charge in [-0.15, -0.1) is 0 Å². The van der Waals surface area contributed by atoms with E-state index in [0.29, 0.717) is 0 Å². The number of hydrogen-bond donors (Lipinski definition) is 1. The number of rotatable bonds is 0. The summed E-state index contributed by atoms with van der Waals surface area (Å²) in [6, 6.07) is 12.3. The van der Waals surface area contributed by atoms with E-state index in [1.807, 2.05) is 25.3 Å². The lowest BCUT2D eigenvalue weighted by atomic mass is 10.1. The average molecular weight is 225 g/mol. The molecule has 0 aliphatic heterocycles. The average Bonchev–Trinajstić information content (AvgIpc) is 2.41. The van der Waals surface area contributed by atoms with Crippen molar-refractivity contribution in [2.24, 2.45) is 5.73 Å².